The summed E-state index contributed by atoms with van der Waals surface area (Å²) in [6, 6.07) is 2.37. The van der Waals surface area contributed by atoms with Gasteiger partial charge in [-0.05, 0) is 24.5 Å². The van der Waals surface area contributed by atoms with Crippen LogP contribution >= 0.6 is 11.8 Å². The molecular weight excluding hydrogens is 182 g/mol. The third-order valence-corrected chi connectivity index (χ3v) is 4.12. The number of aliphatic hydroxyl groups excluding tert-OH is 1. The first-order valence-corrected chi connectivity index (χ1v) is 5.81. The highest BCUT2D eigenvalue weighted by atomic mass is 32.2. The van der Waals surface area contributed by atoms with E-state index in [1.165, 1.54) is 0 Å². The van der Waals surface area contributed by atoms with E-state index in [1.54, 1.807) is 11.8 Å². The van der Waals surface area contributed by atoms with Crippen LogP contribution < -0.4 is 0 Å². The lowest BCUT2D eigenvalue weighted by molar-refractivity contribution is 0.109. The molecule has 0 aromatic carbocycles. The molecular formula is C10H17NOS. The van der Waals surface area contributed by atoms with E-state index in [-0.39, 0.29) is 16.8 Å². The Balaban J connectivity index is 2.54. The molecule has 2 nitrogen and oxygen atoms in total. The van der Waals surface area contributed by atoms with Crippen molar-refractivity contribution in [3.05, 3.63) is 0 Å². The number of thioether (sulfide) groups is 1. The molecule has 0 bridgehead atoms. The average Bonchev–Trinajstić information content (AvgIpc) is 2.54. The van der Waals surface area contributed by atoms with E-state index in [1.807, 2.05) is 13.8 Å². The number of rotatable bonds is 3. The summed E-state index contributed by atoms with van der Waals surface area (Å²) < 4.78 is -0.288. The van der Waals surface area contributed by atoms with E-state index in [4.69, 9.17) is 5.26 Å². The molecule has 1 N–H and O–H groups in total. The second-order valence-corrected chi connectivity index (χ2v) is 5.55. The van der Waals surface area contributed by atoms with Gasteiger partial charge in [-0.25, -0.2) is 0 Å². The minimum Gasteiger partial charge on any atom is -0.393 e. The van der Waals surface area contributed by atoms with Crippen LogP contribution in [0.4, 0.5) is 0 Å². The SMILES string of the molecule is CC(C)C(O)CC1(C#N)CCCS1. The van der Waals surface area contributed by atoms with Gasteiger partial charge in [-0.2, -0.15) is 5.26 Å². The van der Waals surface area contributed by atoms with E-state index < -0.39 is 0 Å². The van der Waals surface area contributed by atoms with Crippen LogP contribution in [-0.4, -0.2) is 21.7 Å². The molecule has 2 atom stereocenters. The summed E-state index contributed by atoms with van der Waals surface area (Å²) in [7, 11) is 0. The van der Waals surface area contributed by atoms with Crippen molar-refractivity contribution in [1.29, 1.82) is 5.26 Å². The standard InChI is InChI=1S/C10H17NOS/c1-8(2)9(12)6-10(7-11)4-3-5-13-10/h8-9,12H,3-6H2,1-2H3. The molecule has 0 aromatic rings. The predicted octanol–water partition coefficient (Wildman–Crippen LogP) is 2.18. The number of nitrogens with zero attached hydrogens (tertiary/aromatic N) is 1. The molecule has 0 amide bonds. The fourth-order valence-electron chi connectivity index (χ4n) is 1.57. The van der Waals surface area contributed by atoms with Gasteiger partial charge in [-0.15, -0.1) is 11.8 Å². The monoisotopic (exact) mass is 199 g/mol. The Labute approximate surface area is 84.3 Å². The number of hydrogen-bond donors (Lipinski definition) is 1. The molecule has 1 rings (SSSR count). The van der Waals surface area contributed by atoms with Crippen LogP contribution in [0.1, 0.15) is 33.1 Å². The molecule has 1 heterocycles. The molecule has 1 aliphatic heterocycles. The van der Waals surface area contributed by atoms with Gasteiger partial charge in [0.05, 0.1) is 12.2 Å². The zero-order chi connectivity index (χ0) is 9.90. The van der Waals surface area contributed by atoms with E-state index in [9.17, 15) is 5.11 Å². The summed E-state index contributed by atoms with van der Waals surface area (Å²) in [6.07, 6.45) is 2.36. The normalized spacial score (nSPS) is 30.4. The van der Waals surface area contributed by atoms with Gasteiger partial charge in [0.15, 0.2) is 0 Å². The molecule has 3 heteroatoms. The third-order valence-electron chi connectivity index (χ3n) is 2.62. The van der Waals surface area contributed by atoms with Crippen molar-refractivity contribution < 1.29 is 5.11 Å². The molecule has 0 aromatic heterocycles. The van der Waals surface area contributed by atoms with Gasteiger partial charge in [0.25, 0.3) is 0 Å². The third kappa shape index (κ3) is 2.62. The minimum atomic E-state index is -0.328. The van der Waals surface area contributed by atoms with Gasteiger partial charge in [0.2, 0.25) is 0 Å². The van der Waals surface area contributed by atoms with Crippen molar-refractivity contribution in [2.24, 2.45) is 5.92 Å². The average molecular weight is 199 g/mol. The Hall–Kier alpha value is -0.200. The minimum absolute atomic E-state index is 0.256. The summed E-state index contributed by atoms with van der Waals surface area (Å²) in [4.78, 5) is 0. The van der Waals surface area contributed by atoms with Gasteiger partial charge < -0.3 is 5.11 Å². The maximum absolute atomic E-state index is 9.72. The van der Waals surface area contributed by atoms with Gasteiger partial charge in [0, 0.05) is 6.42 Å². The van der Waals surface area contributed by atoms with Gasteiger partial charge >= 0.3 is 0 Å². The molecule has 2 unspecified atom stereocenters. The predicted molar refractivity (Wildman–Crippen MR) is 55.5 cm³/mol. The zero-order valence-electron chi connectivity index (χ0n) is 8.29. The molecule has 1 fully saturated rings. The summed E-state index contributed by atoms with van der Waals surface area (Å²) in [5.74, 6) is 1.32. The molecule has 1 saturated heterocycles. The fraction of sp³-hybridized carbons (Fsp3) is 0.900. The summed E-state index contributed by atoms with van der Waals surface area (Å²) >= 11 is 1.71. The topological polar surface area (TPSA) is 44.0 Å². The first-order chi connectivity index (χ1) is 6.09. The van der Waals surface area contributed by atoms with Crippen molar-refractivity contribution in [2.75, 3.05) is 5.75 Å². The lowest BCUT2D eigenvalue weighted by Crippen LogP contribution is -2.28. The van der Waals surface area contributed by atoms with Gasteiger partial charge in [-0.1, -0.05) is 13.8 Å². The van der Waals surface area contributed by atoms with Crippen LogP contribution in [0.15, 0.2) is 0 Å². The summed E-state index contributed by atoms with van der Waals surface area (Å²) in [6.45, 7) is 3.99. The zero-order valence-corrected chi connectivity index (χ0v) is 9.10. The van der Waals surface area contributed by atoms with Gasteiger partial charge in [-0.3, -0.25) is 0 Å². The maximum atomic E-state index is 9.72. The van der Waals surface area contributed by atoms with Crippen molar-refractivity contribution in [3.8, 4) is 6.07 Å². The number of nitriles is 1. The lowest BCUT2D eigenvalue weighted by Gasteiger charge is -2.24. The molecule has 1 aliphatic rings. The Morgan fingerprint density at radius 2 is 2.31 bits per heavy atom. The number of hydrogen-bond acceptors (Lipinski definition) is 3. The fourth-order valence-corrected chi connectivity index (χ4v) is 2.89. The van der Waals surface area contributed by atoms with Crippen LogP contribution in [-0.2, 0) is 0 Å². The van der Waals surface area contributed by atoms with E-state index in [0.29, 0.717) is 6.42 Å². The quantitative estimate of drug-likeness (QED) is 0.757. The first-order valence-electron chi connectivity index (χ1n) is 4.83. The van der Waals surface area contributed by atoms with Crippen molar-refractivity contribution in [1.82, 2.24) is 0 Å². The second-order valence-electron chi connectivity index (χ2n) is 4.07. The smallest absolute Gasteiger partial charge is 0.105 e. The van der Waals surface area contributed by atoms with E-state index in [2.05, 4.69) is 6.07 Å². The Morgan fingerprint density at radius 1 is 1.62 bits per heavy atom. The molecule has 13 heavy (non-hydrogen) atoms. The molecule has 0 radical (unpaired) electrons. The Kier molecular flexibility index (Phi) is 3.63. The van der Waals surface area contributed by atoms with Crippen molar-refractivity contribution in [2.45, 2.75) is 44.0 Å². The van der Waals surface area contributed by atoms with Crippen LogP contribution in [0.3, 0.4) is 0 Å². The molecule has 0 spiro atoms. The van der Waals surface area contributed by atoms with Crippen molar-refractivity contribution in [3.63, 3.8) is 0 Å². The van der Waals surface area contributed by atoms with Crippen LogP contribution in [0.25, 0.3) is 0 Å². The summed E-state index contributed by atoms with van der Waals surface area (Å²) in [5.41, 5.74) is 0. The highest BCUT2D eigenvalue weighted by Gasteiger charge is 2.37. The Bertz CT molecular complexity index is 203. The van der Waals surface area contributed by atoms with E-state index in [0.717, 1.165) is 18.6 Å². The molecule has 0 aliphatic carbocycles. The number of aliphatic hydroxyl groups is 1. The largest absolute Gasteiger partial charge is 0.393 e. The maximum Gasteiger partial charge on any atom is 0.105 e. The summed E-state index contributed by atoms with van der Waals surface area (Å²) in [5, 5.41) is 18.8. The molecule has 0 saturated carbocycles. The van der Waals surface area contributed by atoms with Crippen LogP contribution in [0.5, 0.6) is 0 Å². The highest BCUT2D eigenvalue weighted by molar-refractivity contribution is 8.01. The van der Waals surface area contributed by atoms with Crippen LogP contribution in [0.2, 0.25) is 0 Å². The van der Waals surface area contributed by atoms with E-state index >= 15 is 0 Å². The van der Waals surface area contributed by atoms with Gasteiger partial charge in [0.1, 0.15) is 4.75 Å². The molecule has 74 valence electrons. The first kappa shape index (κ1) is 10.9. The highest BCUT2D eigenvalue weighted by Crippen LogP contribution is 2.41. The Morgan fingerprint density at radius 3 is 2.69 bits per heavy atom. The second kappa shape index (κ2) is 4.34. The van der Waals surface area contributed by atoms with Crippen molar-refractivity contribution >= 4 is 11.8 Å². The lowest BCUT2D eigenvalue weighted by atomic mass is 9.92. The van der Waals surface area contributed by atoms with Crippen LogP contribution in [0, 0.1) is 17.2 Å².